The Balaban J connectivity index is 1.65. The number of anilines is 1. The minimum absolute atomic E-state index is 0.103. The molecule has 7 heteroatoms. The number of aryl methyl sites for hydroxylation is 2. The van der Waals surface area contributed by atoms with Gasteiger partial charge in [0, 0.05) is 17.5 Å². The summed E-state index contributed by atoms with van der Waals surface area (Å²) in [6.07, 6.45) is 1.92. The van der Waals surface area contributed by atoms with E-state index in [2.05, 4.69) is 46.5 Å². The molecule has 0 aliphatic heterocycles. The van der Waals surface area contributed by atoms with E-state index in [-0.39, 0.29) is 5.41 Å². The number of aromatic nitrogens is 5. The van der Waals surface area contributed by atoms with Gasteiger partial charge in [0.05, 0.1) is 5.69 Å². The van der Waals surface area contributed by atoms with Gasteiger partial charge >= 0.3 is 0 Å². The van der Waals surface area contributed by atoms with Crippen LogP contribution < -0.4 is 5.32 Å². The molecule has 7 nitrogen and oxygen atoms in total. The maximum atomic E-state index is 5.19. The third kappa shape index (κ3) is 3.25. The molecule has 1 N–H and O–H groups in total. The molecule has 3 aromatic heterocycles. The zero-order chi connectivity index (χ0) is 17.3. The molecular weight excluding hydrogens is 304 g/mol. The molecule has 0 atom stereocenters. The van der Waals surface area contributed by atoms with Gasteiger partial charge in [-0.2, -0.15) is 4.52 Å². The molecule has 128 valence electrons. The predicted octanol–water partition coefficient (Wildman–Crippen LogP) is 3.07. The van der Waals surface area contributed by atoms with E-state index in [4.69, 9.17) is 4.52 Å². The number of rotatable bonds is 5. The maximum absolute atomic E-state index is 5.19. The molecule has 0 saturated carbocycles. The first-order valence-electron chi connectivity index (χ1n) is 8.25. The van der Waals surface area contributed by atoms with Crippen LogP contribution in [0.15, 0.2) is 16.7 Å². The van der Waals surface area contributed by atoms with Crippen molar-refractivity contribution in [1.29, 1.82) is 0 Å². The van der Waals surface area contributed by atoms with E-state index in [0.29, 0.717) is 0 Å². The summed E-state index contributed by atoms with van der Waals surface area (Å²) in [5.74, 6) is 2.59. The van der Waals surface area contributed by atoms with Crippen LogP contribution in [0.1, 0.15) is 50.0 Å². The van der Waals surface area contributed by atoms with Crippen LogP contribution in [-0.4, -0.2) is 31.5 Å². The molecule has 3 aromatic rings. The first-order valence-corrected chi connectivity index (χ1v) is 8.25. The molecule has 0 spiro atoms. The van der Waals surface area contributed by atoms with Gasteiger partial charge in [0.2, 0.25) is 0 Å². The molecule has 0 aliphatic carbocycles. The number of nitrogens with one attached hydrogen (secondary N) is 1. The number of hydrogen-bond donors (Lipinski definition) is 1. The van der Waals surface area contributed by atoms with Crippen LogP contribution in [-0.2, 0) is 11.8 Å². The second kappa shape index (κ2) is 6.22. The van der Waals surface area contributed by atoms with Crippen LogP contribution in [0.4, 0.5) is 5.82 Å². The highest BCUT2D eigenvalue weighted by atomic mass is 16.5. The molecule has 0 aliphatic rings. The second-order valence-corrected chi connectivity index (χ2v) is 7.10. The third-order valence-electron chi connectivity index (χ3n) is 4.02. The minimum Gasteiger partial charge on any atom is -0.369 e. The zero-order valence-electron chi connectivity index (χ0n) is 14.9. The number of nitrogens with zero attached hydrogens (tertiary/aromatic N) is 5. The summed E-state index contributed by atoms with van der Waals surface area (Å²) < 4.78 is 7.01. The lowest BCUT2D eigenvalue weighted by atomic mass is 9.96. The molecule has 0 fully saturated rings. The Morgan fingerprint density at radius 1 is 1.17 bits per heavy atom. The van der Waals surface area contributed by atoms with Gasteiger partial charge in [-0.1, -0.05) is 25.9 Å². The first kappa shape index (κ1) is 16.4. The summed E-state index contributed by atoms with van der Waals surface area (Å²) in [5.41, 5.74) is 2.84. The predicted molar refractivity (Wildman–Crippen MR) is 92.3 cm³/mol. The Bertz CT molecular complexity index is 823. The Hall–Kier alpha value is -2.44. The van der Waals surface area contributed by atoms with Crippen molar-refractivity contribution in [3.05, 3.63) is 35.0 Å². The lowest BCUT2D eigenvalue weighted by molar-refractivity contribution is 0.392. The zero-order valence-corrected chi connectivity index (χ0v) is 14.9. The van der Waals surface area contributed by atoms with E-state index in [1.54, 1.807) is 0 Å². The molecule has 3 heterocycles. The normalized spacial score (nSPS) is 12.0. The molecule has 0 saturated heterocycles. The largest absolute Gasteiger partial charge is 0.369 e. The second-order valence-electron chi connectivity index (χ2n) is 7.10. The summed E-state index contributed by atoms with van der Waals surface area (Å²) in [6, 6.07) is 3.87. The molecule has 0 amide bonds. The van der Waals surface area contributed by atoms with Crippen LogP contribution >= 0.6 is 0 Å². The van der Waals surface area contributed by atoms with Crippen LogP contribution in [0, 0.1) is 13.8 Å². The SMILES string of the molecule is Cc1noc(C)c1CCCNc1ccc2nnc(C(C)(C)C)n2n1. The van der Waals surface area contributed by atoms with Crippen molar-refractivity contribution < 1.29 is 4.52 Å². The van der Waals surface area contributed by atoms with Crippen LogP contribution in [0.3, 0.4) is 0 Å². The summed E-state index contributed by atoms with van der Waals surface area (Å²) in [6.45, 7) is 11.1. The molecule has 0 aromatic carbocycles. The Labute approximate surface area is 141 Å². The summed E-state index contributed by atoms with van der Waals surface area (Å²) >= 11 is 0. The first-order chi connectivity index (χ1) is 11.4. The monoisotopic (exact) mass is 328 g/mol. The average Bonchev–Trinajstić information content (AvgIpc) is 3.08. The third-order valence-corrected chi connectivity index (χ3v) is 4.02. The molecule has 0 bridgehead atoms. The van der Waals surface area contributed by atoms with E-state index in [1.807, 2.05) is 30.5 Å². The number of fused-ring (bicyclic) bond motifs is 1. The van der Waals surface area contributed by atoms with Gasteiger partial charge in [0.1, 0.15) is 11.6 Å². The average molecular weight is 328 g/mol. The standard InChI is InChI=1S/C17H24N6O/c1-11-13(12(2)24-22-11)7-6-10-18-14-8-9-15-19-20-16(17(3,4)5)23(15)21-14/h8-9H,6-7,10H2,1-5H3,(H,18,21). The van der Waals surface area contributed by atoms with E-state index in [0.717, 1.165) is 48.1 Å². The fourth-order valence-electron chi connectivity index (χ4n) is 2.69. The van der Waals surface area contributed by atoms with Crippen molar-refractivity contribution in [2.75, 3.05) is 11.9 Å². The molecule has 24 heavy (non-hydrogen) atoms. The van der Waals surface area contributed by atoms with Gasteiger partial charge < -0.3 is 9.84 Å². The highest BCUT2D eigenvalue weighted by molar-refractivity contribution is 5.44. The van der Waals surface area contributed by atoms with Gasteiger partial charge in [-0.05, 0) is 38.8 Å². The quantitative estimate of drug-likeness (QED) is 0.725. The fraction of sp³-hybridized carbons (Fsp3) is 0.529. The van der Waals surface area contributed by atoms with Crippen molar-refractivity contribution in [1.82, 2.24) is 25.0 Å². The molecule has 3 rings (SSSR count). The van der Waals surface area contributed by atoms with Gasteiger partial charge in [-0.15, -0.1) is 15.3 Å². The van der Waals surface area contributed by atoms with E-state index in [1.165, 1.54) is 5.56 Å². The fourth-order valence-corrected chi connectivity index (χ4v) is 2.69. The topological polar surface area (TPSA) is 81.1 Å². The van der Waals surface area contributed by atoms with Crippen LogP contribution in [0.5, 0.6) is 0 Å². The molecular formula is C17H24N6O. The summed E-state index contributed by atoms with van der Waals surface area (Å²) in [4.78, 5) is 0. The maximum Gasteiger partial charge on any atom is 0.178 e. The minimum atomic E-state index is -0.103. The van der Waals surface area contributed by atoms with Gasteiger partial charge in [-0.3, -0.25) is 0 Å². The van der Waals surface area contributed by atoms with Crippen molar-refractivity contribution in [2.45, 2.75) is 52.9 Å². The smallest absolute Gasteiger partial charge is 0.178 e. The lowest BCUT2D eigenvalue weighted by Gasteiger charge is -2.15. The van der Waals surface area contributed by atoms with Crippen molar-refractivity contribution in [3.8, 4) is 0 Å². The van der Waals surface area contributed by atoms with Crippen LogP contribution in [0.2, 0.25) is 0 Å². The Kier molecular flexibility index (Phi) is 4.26. The Morgan fingerprint density at radius 2 is 1.96 bits per heavy atom. The van der Waals surface area contributed by atoms with E-state index in [9.17, 15) is 0 Å². The van der Waals surface area contributed by atoms with E-state index < -0.39 is 0 Å². The molecule has 0 radical (unpaired) electrons. The number of hydrogen-bond acceptors (Lipinski definition) is 6. The van der Waals surface area contributed by atoms with Crippen molar-refractivity contribution >= 4 is 11.5 Å². The van der Waals surface area contributed by atoms with Crippen molar-refractivity contribution in [2.24, 2.45) is 0 Å². The highest BCUT2D eigenvalue weighted by Gasteiger charge is 2.21. The van der Waals surface area contributed by atoms with Gasteiger partial charge in [0.15, 0.2) is 11.5 Å². The lowest BCUT2D eigenvalue weighted by Crippen LogP contribution is -2.17. The Morgan fingerprint density at radius 3 is 2.62 bits per heavy atom. The van der Waals surface area contributed by atoms with Crippen LogP contribution in [0.25, 0.3) is 5.65 Å². The highest BCUT2D eigenvalue weighted by Crippen LogP contribution is 2.20. The van der Waals surface area contributed by atoms with E-state index >= 15 is 0 Å². The summed E-state index contributed by atoms with van der Waals surface area (Å²) in [7, 11) is 0. The van der Waals surface area contributed by atoms with Gasteiger partial charge in [0.25, 0.3) is 0 Å². The molecule has 0 unspecified atom stereocenters. The van der Waals surface area contributed by atoms with Gasteiger partial charge in [-0.25, -0.2) is 0 Å². The summed E-state index contributed by atoms with van der Waals surface area (Å²) in [5, 5.41) is 20.4. The van der Waals surface area contributed by atoms with Crippen molar-refractivity contribution in [3.63, 3.8) is 0 Å².